The van der Waals surface area contributed by atoms with Gasteiger partial charge >= 0.3 is 5.69 Å². The number of hydrogen-bond donors (Lipinski definition) is 1. The van der Waals surface area contributed by atoms with Gasteiger partial charge in [-0.25, -0.2) is 0 Å². The Kier molecular flexibility index (Phi) is 12.3. The van der Waals surface area contributed by atoms with E-state index in [4.69, 9.17) is 23.7 Å². The second-order valence-electron chi connectivity index (χ2n) is 12.6. The minimum atomic E-state index is -0.761. The van der Waals surface area contributed by atoms with Crippen molar-refractivity contribution in [3.8, 4) is 5.75 Å². The van der Waals surface area contributed by atoms with Crippen LogP contribution in [0.25, 0.3) is 0 Å². The minimum absolute atomic E-state index is 0.0139. The van der Waals surface area contributed by atoms with Gasteiger partial charge in [0.1, 0.15) is 5.75 Å². The van der Waals surface area contributed by atoms with E-state index < -0.39 is 21.2 Å². The van der Waals surface area contributed by atoms with Crippen molar-refractivity contribution in [3.05, 3.63) is 61.7 Å². The molecule has 0 aromatic heterocycles. The summed E-state index contributed by atoms with van der Waals surface area (Å²) in [6.07, 6.45) is -0.524. The average molecular weight is 619 g/mol. The number of rotatable bonds is 4. The van der Waals surface area contributed by atoms with Crippen molar-refractivity contribution in [1.29, 1.82) is 0 Å². The van der Waals surface area contributed by atoms with Gasteiger partial charge in [-0.1, -0.05) is 41.5 Å². The van der Waals surface area contributed by atoms with Gasteiger partial charge in [0.15, 0.2) is 5.69 Å². The van der Waals surface area contributed by atoms with Crippen LogP contribution in [0.5, 0.6) is 5.75 Å². The first-order valence-electron chi connectivity index (χ1n) is 14.3. The van der Waals surface area contributed by atoms with E-state index in [-0.39, 0.29) is 66.6 Å². The van der Waals surface area contributed by atoms with Crippen LogP contribution in [0.3, 0.4) is 0 Å². The number of ether oxygens (including phenoxy) is 5. The van der Waals surface area contributed by atoms with E-state index in [1.54, 1.807) is 12.1 Å². The topological polar surface area (TPSA) is 177 Å². The molecule has 1 unspecified atom stereocenters. The standard InChI is InChI=1S/C30H42N4O10/c1-29(2,3)26-18-41-16-20-13-22(31-32-24-8-7-23(33(36)37)15-25(24)34(38)39)14-21(28(20)35)17-42-19-27(30(4,5)6)44-12-10-40-9-11-43-26/h7-8,13-15,26-27,35H,9-12,16-19H2,1-6H3/t26-,27?/m0/s1. The van der Waals surface area contributed by atoms with E-state index >= 15 is 0 Å². The van der Waals surface area contributed by atoms with E-state index in [9.17, 15) is 25.3 Å². The van der Waals surface area contributed by atoms with Crippen LogP contribution in [-0.2, 0) is 36.9 Å². The normalized spacial score (nSPS) is 20.1. The number of hydrogen-bond acceptors (Lipinski definition) is 12. The Labute approximate surface area is 256 Å². The molecule has 0 saturated heterocycles. The predicted octanol–water partition coefficient (Wildman–Crippen LogP) is 6.55. The molecule has 2 bridgehead atoms. The van der Waals surface area contributed by atoms with E-state index in [0.717, 1.165) is 18.2 Å². The highest BCUT2D eigenvalue weighted by molar-refractivity contribution is 5.62. The second kappa shape index (κ2) is 15.4. The molecule has 14 heteroatoms. The third-order valence-electron chi connectivity index (χ3n) is 6.97. The van der Waals surface area contributed by atoms with Crippen LogP contribution in [0.15, 0.2) is 40.6 Å². The van der Waals surface area contributed by atoms with Gasteiger partial charge in [0.05, 0.1) is 86.7 Å². The molecule has 44 heavy (non-hydrogen) atoms. The Balaban J connectivity index is 1.95. The average Bonchev–Trinajstić information content (AvgIpc) is 2.93. The van der Waals surface area contributed by atoms with Crippen LogP contribution < -0.4 is 0 Å². The Bertz CT molecular complexity index is 1270. The summed E-state index contributed by atoms with van der Waals surface area (Å²) in [7, 11) is 0. The Morgan fingerprint density at radius 3 is 1.73 bits per heavy atom. The molecule has 14 nitrogen and oxygen atoms in total. The quantitative estimate of drug-likeness (QED) is 0.224. The lowest BCUT2D eigenvalue weighted by atomic mass is 9.89. The van der Waals surface area contributed by atoms with Gasteiger partial charge in [-0.15, -0.1) is 5.11 Å². The highest BCUT2D eigenvalue weighted by Crippen LogP contribution is 2.35. The molecular formula is C30H42N4O10. The molecule has 3 rings (SSSR count). The molecular weight excluding hydrogens is 576 g/mol. The molecule has 242 valence electrons. The van der Waals surface area contributed by atoms with E-state index in [1.165, 1.54) is 0 Å². The second-order valence-corrected chi connectivity index (χ2v) is 12.6. The number of nitrogens with zero attached hydrogens (tertiary/aromatic N) is 4. The summed E-state index contributed by atoms with van der Waals surface area (Å²) in [6.45, 7) is 14.3. The number of phenols is 1. The van der Waals surface area contributed by atoms with Crippen LogP contribution in [0.1, 0.15) is 52.7 Å². The van der Waals surface area contributed by atoms with Crippen molar-refractivity contribution in [1.82, 2.24) is 0 Å². The van der Waals surface area contributed by atoms with Gasteiger partial charge in [0.25, 0.3) is 5.69 Å². The number of aromatic hydroxyl groups is 1. The van der Waals surface area contributed by atoms with Crippen LogP contribution in [0.2, 0.25) is 0 Å². The largest absolute Gasteiger partial charge is 0.507 e. The molecule has 1 heterocycles. The lowest BCUT2D eigenvalue weighted by Gasteiger charge is -2.31. The molecule has 2 aromatic rings. The van der Waals surface area contributed by atoms with Crippen molar-refractivity contribution < 1.29 is 38.6 Å². The minimum Gasteiger partial charge on any atom is -0.507 e. The summed E-state index contributed by atoms with van der Waals surface area (Å²) in [5.41, 5.74) is -0.558. The van der Waals surface area contributed by atoms with Crippen LogP contribution in [0.4, 0.5) is 22.7 Å². The van der Waals surface area contributed by atoms with Crippen molar-refractivity contribution in [2.24, 2.45) is 21.1 Å². The fourth-order valence-corrected chi connectivity index (χ4v) is 4.24. The number of azo groups is 1. The predicted molar refractivity (Wildman–Crippen MR) is 161 cm³/mol. The van der Waals surface area contributed by atoms with Crippen molar-refractivity contribution in [2.75, 3.05) is 39.6 Å². The monoisotopic (exact) mass is 618 g/mol. The Morgan fingerprint density at radius 1 is 0.750 bits per heavy atom. The number of benzene rings is 2. The van der Waals surface area contributed by atoms with Gasteiger partial charge < -0.3 is 28.8 Å². The number of phenolic OH excluding ortho intramolecular Hbond substituents is 1. The molecule has 1 aliphatic heterocycles. The maximum Gasteiger partial charge on any atom is 0.303 e. The fraction of sp³-hybridized carbons (Fsp3) is 0.600. The number of nitro benzene ring substituents is 2. The third kappa shape index (κ3) is 10.3. The summed E-state index contributed by atoms with van der Waals surface area (Å²) >= 11 is 0. The molecule has 2 aromatic carbocycles. The summed E-state index contributed by atoms with van der Waals surface area (Å²) in [5.74, 6) is -0.0405. The smallest absolute Gasteiger partial charge is 0.303 e. The molecule has 1 aliphatic rings. The molecule has 0 fully saturated rings. The number of fused-ring (bicyclic) bond motifs is 2. The first-order valence-corrected chi connectivity index (χ1v) is 14.3. The first-order chi connectivity index (χ1) is 20.7. The highest BCUT2D eigenvalue weighted by Gasteiger charge is 2.28. The number of nitro groups is 2. The van der Waals surface area contributed by atoms with Crippen molar-refractivity contribution in [2.45, 2.75) is 67.0 Å². The zero-order chi connectivity index (χ0) is 32.5. The van der Waals surface area contributed by atoms with Gasteiger partial charge in [0.2, 0.25) is 0 Å². The third-order valence-corrected chi connectivity index (χ3v) is 6.97. The lowest BCUT2D eigenvalue weighted by molar-refractivity contribution is -0.393. The zero-order valence-corrected chi connectivity index (χ0v) is 26.1. The highest BCUT2D eigenvalue weighted by atomic mass is 16.6. The summed E-state index contributed by atoms with van der Waals surface area (Å²) in [5, 5.41) is 41.9. The fourth-order valence-electron chi connectivity index (χ4n) is 4.24. The van der Waals surface area contributed by atoms with E-state index in [0.29, 0.717) is 37.6 Å². The maximum atomic E-state index is 11.6. The van der Waals surface area contributed by atoms with Gasteiger partial charge in [0, 0.05) is 17.2 Å². The molecule has 0 saturated carbocycles. The Morgan fingerprint density at radius 2 is 1.27 bits per heavy atom. The summed E-state index contributed by atoms with van der Waals surface area (Å²) in [6, 6.07) is 6.21. The van der Waals surface area contributed by atoms with Gasteiger partial charge in [-0.05, 0) is 29.0 Å². The van der Waals surface area contributed by atoms with Crippen LogP contribution in [0, 0.1) is 31.1 Å². The van der Waals surface area contributed by atoms with E-state index in [2.05, 4.69) is 10.2 Å². The van der Waals surface area contributed by atoms with Crippen molar-refractivity contribution in [3.63, 3.8) is 0 Å². The summed E-state index contributed by atoms with van der Waals surface area (Å²) < 4.78 is 29.8. The SMILES string of the molecule is CC(C)(C)C1COCc2cc(N=Nc3ccc([N+](=O)[O-])cc3[N+](=O)[O-])cc(c2O)COC[C@@H](C(C)(C)C)OCCOCCO1. The maximum absolute atomic E-state index is 11.6. The molecule has 0 aliphatic carbocycles. The van der Waals surface area contributed by atoms with Gasteiger partial charge in [-0.2, -0.15) is 5.11 Å². The van der Waals surface area contributed by atoms with Gasteiger partial charge in [-0.3, -0.25) is 20.2 Å². The Hall–Kier alpha value is -3.56. The summed E-state index contributed by atoms with van der Waals surface area (Å²) in [4.78, 5) is 21.2. The van der Waals surface area contributed by atoms with E-state index in [1.807, 2.05) is 41.5 Å². The molecule has 0 spiro atoms. The first kappa shape index (κ1) is 34.9. The molecule has 1 N–H and O–H groups in total. The molecule has 0 amide bonds. The van der Waals surface area contributed by atoms with Crippen LogP contribution in [-0.4, -0.2) is 66.8 Å². The van der Waals surface area contributed by atoms with Crippen LogP contribution >= 0.6 is 0 Å². The van der Waals surface area contributed by atoms with Crippen molar-refractivity contribution >= 4 is 22.7 Å². The number of non-ortho nitro benzene ring substituents is 1. The molecule has 0 radical (unpaired) electrons. The lowest BCUT2D eigenvalue weighted by Crippen LogP contribution is -2.35. The zero-order valence-electron chi connectivity index (χ0n) is 26.1. The molecule has 2 atom stereocenters.